The molecule has 2 heterocycles. The number of sulfonamides is 1. The highest BCUT2D eigenvalue weighted by Crippen LogP contribution is 2.24. The summed E-state index contributed by atoms with van der Waals surface area (Å²) in [6.07, 6.45) is 2.27. The van der Waals surface area contributed by atoms with Crippen LogP contribution in [-0.2, 0) is 10.0 Å². The quantitative estimate of drug-likeness (QED) is 0.650. The van der Waals surface area contributed by atoms with E-state index in [0.29, 0.717) is 35.4 Å². The Morgan fingerprint density at radius 1 is 1.11 bits per heavy atom. The van der Waals surface area contributed by atoms with Gasteiger partial charge in [-0.1, -0.05) is 6.92 Å². The molecule has 0 unspecified atom stereocenters. The van der Waals surface area contributed by atoms with Crippen LogP contribution in [0.1, 0.15) is 30.6 Å². The van der Waals surface area contributed by atoms with Crippen LogP contribution in [0.15, 0.2) is 36.7 Å². The summed E-state index contributed by atoms with van der Waals surface area (Å²) in [7, 11) is -3.32. The van der Waals surface area contributed by atoms with Crippen molar-refractivity contribution in [2.24, 2.45) is 0 Å². The van der Waals surface area contributed by atoms with E-state index in [1.54, 1.807) is 43.6 Å². The minimum atomic E-state index is -3.32. The number of imidazole rings is 1. The van der Waals surface area contributed by atoms with E-state index in [1.807, 2.05) is 25.3 Å². The van der Waals surface area contributed by atoms with Gasteiger partial charge in [0.1, 0.15) is 23.7 Å². The van der Waals surface area contributed by atoms with Crippen LogP contribution in [0, 0.1) is 20.8 Å². The minimum absolute atomic E-state index is 0.0847. The van der Waals surface area contributed by atoms with Crippen molar-refractivity contribution >= 4 is 15.7 Å². The number of nitrogens with zero attached hydrogens (tertiary/aromatic N) is 4. The van der Waals surface area contributed by atoms with Crippen molar-refractivity contribution in [3.8, 4) is 17.4 Å². The zero-order chi connectivity index (χ0) is 20.3. The topological polar surface area (TPSA) is 99.0 Å². The monoisotopic (exact) mass is 401 g/mol. The molecule has 0 amide bonds. The second-order valence-corrected chi connectivity index (χ2v) is 8.29. The Morgan fingerprint density at radius 3 is 2.43 bits per heavy atom. The fraction of sp³-hybridized carbons (Fsp3) is 0.316. The SMILES string of the molecule is CCCS(=O)(=O)Nc1ccc(Oc2cc(-n3cnc(C)c3C)nc(C)n2)cc1. The van der Waals surface area contributed by atoms with Crippen molar-refractivity contribution in [2.45, 2.75) is 34.1 Å². The van der Waals surface area contributed by atoms with Gasteiger partial charge in [0.25, 0.3) is 0 Å². The van der Waals surface area contributed by atoms with E-state index in [2.05, 4.69) is 19.7 Å². The molecule has 0 aliphatic heterocycles. The van der Waals surface area contributed by atoms with Crippen LogP contribution in [-0.4, -0.2) is 33.7 Å². The van der Waals surface area contributed by atoms with Gasteiger partial charge in [0.2, 0.25) is 15.9 Å². The first-order chi connectivity index (χ1) is 13.3. The van der Waals surface area contributed by atoms with E-state index in [0.717, 1.165) is 11.4 Å². The Bertz CT molecular complexity index is 1080. The smallest absolute Gasteiger partial charge is 0.232 e. The molecule has 9 heteroatoms. The Kier molecular flexibility index (Phi) is 5.64. The maximum atomic E-state index is 11.8. The van der Waals surface area contributed by atoms with E-state index in [-0.39, 0.29) is 5.75 Å². The van der Waals surface area contributed by atoms with Crippen LogP contribution in [0.4, 0.5) is 5.69 Å². The molecule has 0 bridgehead atoms. The lowest BCUT2D eigenvalue weighted by atomic mass is 10.3. The van der Waals surface area contributed by atoms with Gasteiger partial charge in [0.05, 0.1) is 11.4 Å². The summed E-state index contributed by atoms with van der Waals surface area (Å²) in [4.78, 5) is 13.1. The van der Waals surface area contributed by atoms with Crippen molar-refractivity contribution in [2.75, 3.05) is 10.5 Å². The minimum Gasteiger partial charge on any atom is -0.439 e. The van der Waals surface area contributed by atoms with E-state index < -0.39 is 10.0 Å². The lowest BCUT2D eigenvalue weighted by Gasteiger charge is -2.11. The summed E-state index contributed by atoms with van der Waals surface area (Å²) in [6.45, 7) is 7.52. The van der Waals surface area contributed by atoms with E-state index in [9.17, 15) is 8.42 Å². The number of hydrogen-bond acceptors (Lipinski definition) is 6. The number of aromatic nitrogens is 4. The van der Waals surface area contributed by atoms with E-state index in [4.69, 9.17) is 4.74 Å². The molecule has 8 nitrogen and oxygen atoms in total. The van der Waals surface area contributed by atoms with E-state index in [1.165, 1.54) is 0 Å². The van der Waals surface area contributed by atoms with Crippen molar-refractivity contribution in [1.82, 2.24) is 19.5 Å². The number of aryl methyl sites for hydroxylation is 2. The van der Waals surface area contributed by atoms with E-state index >= 15 is 0 Å². The van der Waals surface area contributed by atoms with Crippen molar-refractivity contribution in [1.29, 1.82) is 0 Å². The lowest BCUT2D eigenvalue weighted by Crippen LogP contribution is -2.15. The molecule has 0 atom stereocenters. The highest BCUT2D eigenvalue weighted by molar-refractivity contribution is 7.92. The third-order valence-corrected chi connectivity index (χ3v) is 5.61. The Labute approximate surface area is 164 Å². The largest absolute Gasteiger partial charge is 0.439 e. The molecule has 1 N–H and O–H groups in total. The molecule has 0 aliphatic rings. The molecule has 148 valence electrons. The average molecular weight is 401 g/mol. The van der Waals surface area contributed by atoms with Crippen molar-refractivity contribution in [3.05, 3.63) is 53.9 Å². The second kappa shape index (κ2) is 7.97. The lowest BCUT2D eigenvalue weighted by molar-refractivity contribution is 0.459. The van der Waals surface area contributed by atoms with Gasteiger partial charge < -0.3 is 4.74 Å². The molecule has 0 fully saturated rings. The third kappa shape index (κ3) is 4.66. The van der Waals surface area contributed by atoms with Gasteiger partial charge in [0, 0.05) is 17.4 Å². The van der Waals surface area contributed by atoms with Gasteiger partial charge in [-0.15, -0.1) is 0 Å². The molecule has 1 aromatic carbocycles. The molecule has 2 aromatic heterocycles. The average Bonchev–Trinajstić information content (AvgIpc) is 2.95. The molecule has 0 spiro atoms. The zero-order valence-corrected chi connectivity index (χ0v) is 17.1. The van der Waals surface area contributed by atoms with Crippen molar-refractivity contribution < 1.29 is 13.2 Å². The normalized spacial score (nSPS) is 11.4. The van der Waals surface area contributed by atoms with Gasteiger partial charge in [0.15, 0.2) is 0 Å². The standard InChI is InChI=1S/C19H23N5O3S/c1-5-10-28(25,26)23-16-6-8-17(9-7-16)27-19-11-18(21-15(4)22-19)24-12-20-13(2)14(24)3/h6-9,11-12,23H,5,10H2,1-4H3. The number of anilines is 1. The molecule has 3 aromatic rings. The van der Waals surface area contributed by atoms with Crippen molar-refractivity contribution in [3.63, 3.8) is 0 Å². The summed E-state index contributed by atoms with van der Waals surface area (Å²) in [5.74, 6) is 2.27. The maximum absolute atomic E-state index is 11.8. The van der Waals surface area contributed by atoms with Crippen LogP contribution in [0.5, 0.6) is 11.6 Å². The second-order valence-electron chi connectivity index (χ2n) is 6.44. The van der Waals surface area contributed by atoms with Crippen LogP contribution in [0.3, 0.4) is 0 Å². The Hall–Kier alpha value is -2.94. The summed E-state index contributed by atoms with van der Waals surface area (Å²) < 4.78 is 34.0. The third-order valence-electron chi connectivity index (χ3n) is 4.12. The molecule has 0 saturated carbocycles. The Balaban J connectivity index is 1.79. The molecule has 28 heavy (non-hydrogen) atoms. The fourth-order valence-electron chi connectivity index (χ4n) is 2.64. The van der Waals surface area contributed by atoms with Crippen LogP contribution in [0.2, 0.25) is 0 Å². The van der Waals surface area contributed by atoms with Crippen LogP contribution >= 0.6 is 0 Å². The van der Waals surface area contributed by atoms with Crippen LogP contribution < -0.4 is 9.46 Å². The fourth-order valence-corrected chi connectivity index (χ4v) is 3.78. The predicted molar refractivity (Wildman–Crippen MR) is 108 cm³/mol. The first-order valence-electron chi connectivity index (χ1n) is 8.92. The first-order valence-corrected chi connectivity index (χ1v) is 10.6. The molecular weight excluding hydrogens is 378 g/mol. The molecular formula is C19H23N5O3S. The number of rotatable bonds is 7. The highest BCUT2D eigenvalue weighted by Gasteiger charge is 2.11. The predicted octanol–water partition coefficient (Wildman–Crippen LogP) is 3.53. The Morgan fingerprint density at radius 2 is 1.82 bits per heavy atom. The summed E-state index contributed by atoms with van der Waals surface area (Å²) in [5.41, 5.74) is 2.41. The summed E-state index contributed by atoms with van der Waals surface area (Å²) >= 11 is 0. The van der Waals surface area contributed by atoms with Gasteiger partial charge in [-0.05, 0) is 51.5 Å². The summed E-state index contributed by atoms with van der Waals surface area (Å²) in [6, 6.07) is 8.42. The molecule has 3 rings (SSSR count). The highest BCUT2D eigenvalue weighted by atomic mass is 32.2. The zero-order valence-electron chi connectivity index (χ0n) is 16.3. The van der Waals surface area contributed by atoms with Gasteiger partial charge in [-0.2, -0.15) is 4.98 Å². The number of ether oxygens (including phenoxy) is 1. The van der Waals surface area contributed by atoms with Gasteiger partial charge in [-0.25, -0.2) is 18.4 Å². The number of nitrogens with one attached hydrogen (secondary N) is 1. The molecule has 0 aliphatic carbocycles. The first kappa shape index (κ1) is 19.8. The number of benzene rings is 1. The molecule has 0 saturated heterocycles. The van der Waals surface area contributed by atoms with Gasteiger partial charge >= 0.3 is 0 Å². The van der Waals surface area contributed by atoms with Gasteiger partial charge in [-0.3, -0.25) is 9.29 Å². The summed E-state index contributed by atoms with van der Waals surface area (Å²) in [5, 5.41) is 0. The van der Waals surface area contributed by atoms with Crippen LogP contribution in [0.25, 0.3) is 5.82 Å². The maximum Gasteiger partial charge on any atom is 0.232 e. The number of hydrogen-bond donors (Lipinski definition) is 1. The molecule has 0 radical (unpaired) electrons.